The Morgan fingerprint density at radius 3 is 2.25 bits per heavy atom. The standard InChI is InChI=1S/C24H36O4/c1-16-14-17-18(21(2)8-9-23(15-20(16)21)25-10-11-26-23)4-6-22(3)19(17)5-7-24(22)27-12-13-28-24/h17-20H,1,4-15H2,2-3H3/t17?,18?,19?,20-,21-,22+/m1/s1. The Kier molecular flexibility index (Phi) is 3.83. The Bertz CT molecular complexity index is 676. The molecule has 0 N–H and O–H groups in total. The van der Waals surface area contributed by atoms with E-state index in [1.165, 1.54) is 37.7 Å². The highest BCUT2D eigenvalue weighted by Gasteiger charge is 2.68. The molecular weight excluding hydrogens is 352 g/mol. The van der Waals surface area contributed by atoms with E-state index in [1.807, 2.05) is 0 Å². The van der Waals surface area contributed by atoms with Gasteiger partial charge in [-0.15, -0.1) is 0 Å². The average Bonchev–Trinajstić information content (AvgIpc) is 3.39. The highest BCUT2D eigenvalue weighted by molar-refractivity contribution is 5.22. The predicted molar refractivity (Wildman–Crippen MR) is 106 cm³/mol. The minimum atomic E-state index is -0.313. The van der Waals surface area contributed by atoms with E-state index in [4.69, 9.17) is 18.9 Å². The molecule has 6 fully saturated rings. The summed E-state index contributed by atoms with van der Waals surface area (Å²) in [7, 11) is 0. The van der Waals surface area contributed by atoms with Crippen LogP contribution in [0.25, 0.3) is 0 Å². The minimum Gasteiger partial charge on any atom is -0.348 e. The maximum Gasteiger partial charge on any atom is 0.174 e. The number of fused-ring (bicyclic) bond motifs is 6. The second-order valence-electron chi connectivity index (χ2n) is 11.1. The van der Waals surface area contributed by atoms with Gasteiger partial charge >= 0.3 is 0 Å². The van der Waals surface area contributed by atoms with E-state index < -0.39 is 0 Å². The summed E-state index contributed by atoms with van der Waals surface area (Å²) in [5, 5.41) is 0. The van der Waals surface area contributed by atoms with Crippen LogP contribution in [0.2, 0.25) is 0 Å². The van der Waals surface area contributed by atoms with Crippen LogP contribution in [-0.4, -0.2) is 38.0 Å². The number of allylic oxidation sites excluding steroid dienone is 1. The van der Waals surface area contributed by atoms with E-state index in [9.17, 15) is 0 Å². The molecule has 2 spiro atoms. The lowest BCUT2D eigenvalue weighted by atomic mass is 9.44. The van der Waals surface area contributed by atoms with Crippen molar-refractivity contribution in [3.63, 3.8) is 0 Å². The van der Waals surface area contributed by atoms with Crippen LogP contribution in [0.3, 0.4) is 0 Å². The van der Waals surface area contributed by atoms with Crippen LogP contribution < -0.4 is 0 Å². The first kappa shape index (κ1) is 18.4. The zero-order valence-corrected chi connectivity index (χ0v) is 17.6. The number of hydrogen-bond donors (Lipinski definition) is 0. The van der Waals surface area contributed by atoms with Crippen LogP contribution in [0, 0.1) is 34.5 Å². The predicted octanol–water partition coefficient (Wildman–Crippen LogP) is 4.68. The molecule has 156 valence electrons. The smallest absolute Gasteiger partial charge is 0.174 e. The van der Waals surface area contributed by atoms with Gasteiger partial charge in [0.05, 0.1) is 26.4 Å². The van der Waals surface area contributed by atoms with Gasteiger partial charge in [-0.3, -0.25) is 0 Å². The number of hydrogen-bond acceptors (Lipinski definition) is 4. The fourth-order valence-electron chi connectivity index (χ4n) is 8.82. The van der Waals surface area contributed by atoms with E-state index in [1.54, 1.807) is 0 Å². The fraction of sp³-hybridized carbons (Fsp3) is 0.917. The first-order valence-corrected chi connectivity index (χ1v) is 11.7. The third kappa shape index (κ3) is 2.16. The third-order valence-corrected chi connectivity index (χ3v) is 10.2. The van der Waals surface area contributed by atoms with E-state index in [0.29, 0.717) is 17.3 Å². The quantitative estimate of drug-likeness (QED) is 0.565. The van der Waals surface area contributed by atoms with Gasteiger partial charge < -0.3 is 18.9 Å². The molecule has 6 aliphatic rings. The van der Waals surface area contributed by atoms with Gasteiger partial charge in [0, 0.05) is 24.7 Å². The van der Waals surface area contributed by atoms with E-state index in [-0.39, 0.29) is 17.0 Å². The molecule has 0 radical (unpaired) electrons. The number of rotatable bonds is 0. The molecule has 3 unspecified atom stereocenters. The van der Waals surface area contributed by atoms with Gasteiger partial charge in [0.1, 0.15) is 0 Å². The molecule has 2 aliphatic heterocycles. The van der Waals surface area contributed by atoms with Crippen molar-refractivity contribution >= 4 is 0 Å². The summed E-state index contributed by atoms with van der Waals surface area (Å²) in [6, 6.07) is 0. The molecule has 4 saturated carbocycles. The molecule has 0 aromatic heterocycles. The van der Waals surface area contributed by atoms with Crippen LogP contribution in [0.4, 0.5) is 0 Å². The van der Waals surface area contributed by atoms with Crippen molar-refractivity contribution in [3.8, 4) is 0 Å². The summed E-state index contributed by atoms with van der Waals surface area (Å²) in [5.74, 6) is 2.15. The van der Waals surface area contributed by atoms with Crippen LogP contribution in [0.1, 0.15) is 65.2 Å². The molecule has 0 amide bonds. The summed E-state index contributed by atoms with van der Waals surface area (Å²) < 4.78 is 24.8. The SMILES string of the molecule is C=C1CC2C3CCC4(OCCO4)[C@@]3(C)CCC2[C@@]2(C)CCC3(C[C@H]12)OCCO3. The van der Waals surface area contributed by atoms with Gasteiger partial charge in [-0.1, -0.05) is 26.0 Å². The molecule has 2 heterocycles. The summed E-state index contributed by atoms with van der Waals surface area (Å²) in [5.41, 5.74) is 1.97. The summed E-state index contributed by atoms with van der Waals surface area (Å²) in [6.45, 7) is 12.7. The van der Waals surface area contributed by atoms with Gasteiger partial charge in [-0.2, -0.15) is 0 Å². The van der Waals surface area contributed by atoms with Gasteiger partial charge in [0.2, 0.25) is 0 Å². The second-order valence-corrected chi connectivity index (χ2v) is 11.1. The molecule has 4 aliphatic carbocycles. The first-order valence-electron chi connectivity index (χ1n) is 11.7. The molecule has 2 saturated heterocycles. The van der Waals surface area contributed by atoms with Crippen molar-refractivity contribution in [2.24, 2.45) is 34.5 Å². The number of ether oxygens (including phenoxy) is 4. The van der Waals surface area contributed by atoms with Gasteiger partial charge in [-0.05, 0) is 61.2 Å². The third-order valence-electron chi connectivity index (χ3n) is 10.2. The Labute approximate surface area is 169 Å². The lowest BCUT2D eigenvalue weighted by Gasteiger charge is -2.62. The van der Waals surface area contributed by atoms with Gasteiger partial charge in [0.15, 0.2) is 11.6 Å². The Balaban J connectivity index is 1.31. The zero-order valence-electron chi connectivity index (χ0n) is 17.6. The summed E-state index contributed by atoms with van der Waals surface area (Å²) >= 11 is 0. The lowest BCUT2D eigenvalue weighted by Crippen LogP contribution is -2.58. The fourth-order valence-corrected chi connectivity index (χ4v) is 8.82. The maximum atomic E-state index is 6.30. The summed E-state index contributed by atoms with van der Waals surface area (Å²) in [4.78, 5) is 0. The van der Waals surface area contributed by atoms with Crippen molar-refractivity contribution in [1.82, 2.24) is 0 Å². The van der Waals surface area contributed by atoms with Crippen molar-refractivity contribution in [1.29, 1.82) is 0 Å². The first-order chi connectivity index (χ1) is 13.4. The van der Waals surface area contributed by atoms with Crippen LogP contribution >= 0.6 is 0 Å². The van der Waals surface area contributed by atoms with E-state index in [2.05, 4.69) is 20.4 Å². The van der Waals surface area contributed by atoms with Crippen molar-refractivity contribution in [2.75, 3.05) is 26.4 Å². The highest BCUT2D eigenvalue weighted by Crippen LogP contribution is 2.70. The molecule has 0 aromatic carbocycles. The minimum absolute atomic E-state index is 0.168. The molecule has 6 atom stereocenters. The zero-order chi connectivity index (χ0) is 19.2. The normalized spacial score (nSPS) is 51.3. The van der Waals surface area contributed by atoms with E-state index in [0.717, 1.165) is 57.5 Å². The largest absolute Gasteiger partial charge is 0.348 e. The molecule has 4 nitrogen and oxygen atoms in total. The Morgan fingerprint density at radius 1 is 0.821 bits per heavy atom. The van der Waals surface area contributed by atoms with Crippen molar-refractivity contribution in [3.05, 3.63) is 12.2 Å². The lowest BCUT2D eigenvalue weighted by molar-refractivity contribution is -0.252. The molecule has 4 heteroatoms. The van der Waals surface area contributed by atoms with Crippen LogP contribution in [0.15, 0.2) is 12.2 Å². The Hall–Kier alpha value is -0.420. The second kappa shape index (κ2) is 5.84. The monoisotopic (exact) mass is 388 g/mol. The molecule has 0 aromatic rings. The Morgan fingerprint density at radius 2 is 1.50 bits per heavy atom. The highest BCUT2D eigenvalue weighted by atomic mass is 16.7. The summed E-state index contributed by atoms with van der Waals surface area (Å²) in [6.07, 6.45) is 9.33. The van der Waals surface area contributed by atoms with Crippen molar-refractivity contribution < 1.29 is 18.9 Å². The van der Waals surface area contributed by atoms with Crippen LogP contribution in [-0.2, 0) is 18.9 Å². The molecule has 6 rings (SSSR count). The molecule has 0 bridgehead atoms. The maximum absolute atomic E-state index is 6.30. The van der Waals surface area contributed by atoms with Gasteiger partial charge in [-0.25, -0.2) is 0 Å². The topological polar surface area (TPSA) is 36.9 Å². The molecular formula is C24H36O4. The molecule has 28 heavy (non-hydrogen) atoms. The van der Waals surface area contributed by atoms with Gasteiger partial charge in [0.25, 0.3) is 0 Å². The van der Waals surface area contributed by atoms with E-state index >= 15 is 0 Å². The average molecular weight is 389 g/mol. The van der Waals surface area contributed by atoms with Crippen LogP contribution in [0.5, 0.6) is 0 Å². The van der Waals surface area contributed by atoms with Crippen molar-refractivity contribution in [2.45, 2.75) is 76.8 Å².